The maximum absolute atomic E-state index is 12.7. The van der Waals surface area contributed by atoms with Crippen LogP contribution < -0.4 is 16.8 Å². The predicted octanol–water partition coefficient (Wildman–Crippen LogP) is 4.95. The van der Waals surface area contributed by atoms with Crippen molar-refractivity contribution >= 4 is 35.6 Å². The molecule has 0 fully saturated rings. The Labute approximate surface area is 208 Å². The van der Waals surface area contributed by atoms with E-state index in [4.69, 9.17) is 11.5 Å². The SMILES string of the molecule is CC1=Cc2ccc(C(=O)Nc3ccc4c(c3)C(N)CC4)cc2N=C(N)C1.CCCN(C=O)CCC. The van der Waals surface area contributed by atoms with Gasteiger partial charge in [-0.25, -0.2) is 4.99 Å². The number of carbonyl (C=O) groups is 2. The fraction of sp³-hybridized carbons (Fsp3) is 0.393. The number of nitrogens with one attached hydrogen (secondary N) is 1. The van der Waals surface area contributed by atoms with Crippen molar-refractivity contribution in [2.75, 3.05) is 18.4 Å². The highest BCUT2D eigenvalue weighted by Crippen LogP contribution is 2.32. The Bertz CT molecular complexity index is 1120. The average Bonchev–Trinajstić information content (AvgIpc) is 3.12. The summed E-state index contributed by atoms with van der Waals surface area (Å²) in [5.74, 6) is 0.390. The van der Waals surface area contributed by atoms with Gasteiger partial charge in [0.2, 0.25) is 6.41 Å². The van der Waals surface area contributed by atoms with Crippen LogP contribution in [0.4, 0.5) is 11.4 Å². The van der Waals surface area contributed by atoms with E-state index < -0.39 is 0 Å². The summed E-state index contributed by atoms with van der Waals surface area (Å²) >= 11 is 0. The van der Waals surface area contributed by atoms with E-state index in [1.165, 1.54) is 5.56 Å². The van der Waals surface area contributed by atoms with Gasteiger partial charge in [-0.1, -0.05) is 37.6 Å². The summed E-state index contributed by atoms with van der Waals surface area (Å²) in [6.45, 7) is 7.98. The number of hydrogen-bond donors (Lipinski definition) is 3. The van der Waals surface area contributed by atoms with E-state index in [1.54, 1.807) is 11.0 Å². The normalized spacial score (nSPS) is 15.9. The van der Waals surface area contributed by atoms with Gasteiger partial charge in [-0.2, -0.15) is 0 Å². The lowest BCUT2D eigenvalue weighted by atomic mass is 10.1. The standard InChI is InChI=1S/C21H22N4O.C7H15NO/c1-12-8-14-2-3-15(10-19(14)25-20(23)9-12)21(26)24-16-6-4-13-5-7-18(22)17(13)11-16;1-3-5-8(7-9)6-4-2/h2-4,6,8,10-11,18H,5,7,9,22H2,1H3,(H2,23,25)(H,24,26);7H,3-6H2,1-2H3. The second kappa shape index (κ2) is 12.3. The zero-order chi connectivity index (χ0) is 25.4. The third kappa shape index (κ3) is 7.02. The Hall–Kier alpha value is -3.45. The molecular formula is C28H37N5O2. The number of amidine groups is 1. The molecule has 35 heavy (non-hydrogen) atoms. The third-order valence-electron chi connectivity index (χ3n) is 6.12. The molecule has 0 spiro atoms. The van der Waals surface area contributed by atoms with Gasteiger partial charge in [-0.3, -0.25) is 9.59 Å². The summed E-state index contributed by atoms with van der Waals surface area (Å²) < 4.78 is 0. The highest BCUT2D eigenvalue weighted by molar-refractivity contribution is 6.05. The molecule has 4 rings (SSSR count). The topological polar surface area (TPSA) is 114 Å². The average molecular weight is 476 g/mol. The Balaban J connectivity index is 0.000000327. The van der Waals surface area contributed by atoms with Crippen molar-refractivity contribution < 1.29 is 9.59 Å². The molecule has 0 radical (unpaired) electrons. The number of benzene rings is 2. The van der Waals surface area contributed by atoms with Crippen LogP contribution in [-0.4, -0.2) is 36.1 Å². The molecule has 7 nitrogen and oxygen atoms in total. The molecule has 1 aliphatic carbocycles. The number of nitrogens with zero attached hydrogens (tertiary/aromatic N) is 2. The van der Waals surface area contributed by atoms with Gasteiger partial charge >= 0.3 is 0 Å². The Kier molecular flexibility index (Phi) is 9.20. The van der Waals surface area contributed by atoms with Crippen molar-refractivity contribution in [3.05, 3.63) is 64.2 Å². The number of hydrogen-bond acceptors (Lipinski definition) is 5. The van der Waals surface area contributed by atoms with E-state index in [0.29, 0.717) is 17.8 Å². The van der Waals surface area contributed by atoms with Crippen molar-refractivity contribution in [2.45, 2.75) is 58.9 Å². The zero-order valence-electron chi connectivity index (χ0n) is 21.0. The molecule has 0 bridgehead atoms. The van der Waals surface area contributed by atoms with Gasteiger partial charge in [-0.15, -0.1) is 0 Å². The monoisotopic (exact) mass is 475 g/mol. The van der Waals surface area contributed by atoms with Crippen LogP contribution in [0, 0.1) is 0 Å². The van der Waals surface area contributed by atoms with Gasteiger partial charge in [0.25, 0.3) is 5.91 Å². The number of fused-ring (bicyclic) bond motifs is 2. The summed E-state index contributed by atoms with van der Waals surface area (Å²) in [4.78, 5) is 29.1. The lowest BCUT2D eigenvalue weighted by molar-refractivity contribution is -0.118. The Morgan fingerprint density at radius 3 is 2.60 bits per heavy atom. The lowest BCUT2D eigenvalue weighted by Crippen LogP contribution is -2.23. The van der Waals surface area contributed by atoms with Gasteiger partial charge in [0.05, 0.1) is 5.69 Å². The summed E-state index contributed by atoms with van der Waals surface area (Å²) in [5.41, 5.74) is 18.6. The molecular weight excluding hydrogens is 438 g/mol. The number of aryl methyl sites for hydroxylation is 1. The number of anilines is 1. The first-order valence-corrected chi connectivity index (χ1v) is 12.4. The van der Waals surface area contributed by atoms with E-state index in [0.717, 1.165) is 73.3 Å². The van der Waals surface area contributed by atoms with Crippen molar-refractivity contribution in [1.29, 1.82) is 0 Å². The maximum atomic E-state index is 12.7. The summed E-state index contributed by atoms with van der Waals surface area (Å²) in [5, 5.41) is 2.96. The largest absolute Gasteiger partial charge is 0.387 e. The van der Waals surface area contributed by atoms with Crippen molar-refractivity contribution in [2.24, 2.45) is 16.5 Å². The molecule has 0 saturated carbocycles. The fourth-order valence-corrected chi connectivity index (χ4v) is 4.41. The quantitative estimate of drug-likeness (QED) is 0.492. The van der Waals surface area contributed by atoms with Crippen molar-refractivity contribution in [1.82, 2.24) is 4.90 Å². The third-order valence-corrected chi connectivity index (χ3v) is 6.12. The summed E-state index contributed by atoms with van der Waals surface area (Å²) in [6, 6.07) is 11.5. The molecule has 7 heteroatoms. The van der Waals surface area contributed by atoms with Gasteiger partial charge < -0.3 is 21.7 Å². The fourth-order valence-electron chi connectivity index (χ4n) is 4.41. The van der Waals surface area contributed by atoms with E-state index in [1.807, 2.05) is 37.3 Å². The summed E-state index contributed by atoms with van der Waals surface area (Å²) in [6.07, 6.45) is 7.70. The van der Waals surface area contributed by atoms with Gasteiger partial charge in [0, 0.05) is 42.4 Å². The molecule has 2 amide bonds. The molecule has 2 aromatic rings. The molecule has 1 heterocycles. The van der Waals surface area contributed by atoms with E-state index in [-0.39, 0.29) is 11.9 Å². The Morgan fingerprint density at radius 2 is 1.91 bits per heavy atom. The second-order valence-electron chi connectivity index (χ2n) is 9.20. The van der Waals surface area contributed by atoms with Crippen molar-refractivity contribution in [3.8, 4) is 0 Å². The molecule has 0 aromatic heterocycles. The molecule has 1 aliphatic heterocycles. The molecule has 5 N–H and O–H groups in total. The van der Waals surface area contributed by atoms with Crippen LogP contribution in [0.1, 0.15) is 79.5 Å². The van der Waals surface area contributed by atoms with Crippen molar-refractivity contribution in [3.63, 3.8) is 0 Å². The predicted molar refractivity (Wildman–Crippen MR) is 144 cm³/mol. The second-order valence-corrected chi connectivity index (χ2v) is 9.20. The van der Waals surface area contributed by atoms with E-state index >= 15 is 0 Å². The van der Waals surface area contributed by atoms with Crippen LogP contribution in [0.15, 0.2) is 47.0 Å². The highest BCUT2D eigenvalue weighted by Gasteiger charge is 2.19. The van der Waals surface area contributed by atoms with Gasteiger partial charge in [-0.05, 0) is 68.0 Å². The Morgan fingerprint density at radius 1 is 1.17 bits per heavy atom. The minimum atomic E-state index is -0.168. The lowest BCUT2D eigenvalue weighted by Gasteiger charge is -2.13. The number of amides is 2. The van der Waals surface area contributed by atoms with Crippen LogP contribution >= 0.6 is 0 Å². The molecule has 186 valence electrons. The molecule has 1 unspecified atom stereocenters. The molecule has 0 saturated heterocycles. The highest BCUT2D eigenvalue weighted by atomic mass is 16.1. The van der Waals surface area contributed by atoms with Crippen LogP contribution in [0.3, 0.4) is 0 Å². The van der Waals surface area contributed by atoms with Crippen LogP contribution in [0.2, 0.25) is 0 Å². The van der Waals surface area contributed by atoms with Crippen LogP contribution in [-0.2, 0) is 11.2 Å². The van der Waals surface area contributed by atoms with Crippen LogP contribution in [0.25, 0.3) is 6.08 Å². The summed E-state index contributed by atoms with van der Waals surface area (Å²) in [7, 11) is 0. The molecule has 2 aliphatic rings. The molecule has 2 aromatic carbocycles. The van der Waals surface area contributed by atoms with Gasteiger partial charge in [0.15, 0.2) is 0 Å². The smallest absolute Gasteiger partial charge is 0.255 e. The minimum absolute atomic E-state index is 0.0571. The number of carbonyl (C=O) groups excluding carboxylic acids is 2. The van der Waals surface area contributed by atoms with E-state index in [9.17, 15) is 9.59 Å². The number of rotatable bonds is 7. The first-order chi connectivity index (χ1) is 16.8. The molecule has 1 atom stereocenters. The first kappa shape index (κ1) is 26.2. The van der Waals surface area contributed by atoms with Gasteiger partial charge in [0.1, 0.15) is 5.84 Å². The number of aliphatic imine (C=N–C) groups is 1. The number of nitrogens with two attached hydrogens (primary N) is 2. The zero-order valence-corrected chi connectivity index (χ0v) is 21.0. The maximum Gasteiger partial charge on any atom is 0.255 e. The van der Waals surface area contributed by atoms with Crippen LogP contribution in [0.5, 0.6) is 0 Å². The minimum Gasteiger partial charge on any atom is -0.387 e. The first-order valence-electron chi connectivity index (χ1n) is 12.4. The van der Waals surface area contributed by atoms with E-state index in [2.05, 4.69) is 30.2 Å².